The van der Waals surface area contributed by atoms with E-state index in [0.29, 0.717) is 25.3 Å². The third-order valence-electron chi connectivity index (χ3n) is 5.13. The van der Waals surface area contributed by atoms with Crippen molar-refractivity contribution in [3.8, 4) is 0 Å². The van der Waals surface area contributed by atoms with Crippen molar-refractivity contribution < 1.29 is 9.59 Å². The van der Waals surface area contributed by atoms with Gasteiger partial charge in [-0.05, 0) is 35.2 Å². The van der Waals surface area contributed by atoms with E-state index in [1.165, 1.54) is 6.92 Å². The number of amides is 2. The Morgan fingerprint density at radius 1 is 1.15 bits per heavy atom. The highest BCUT2D eigenvalue weighted by atomic mass is 16.2. The highest BCUT2D eigenvalue weighted by Crippen LogP contribution is 2.31. The summed E-state index contributed by atoms with van der Waals surface area (Å²) in [5.41, 5.74) is 5.38. The minimum atomic E-state index is -0.121. The fourth-order valence-electron chi connectivity index (χ4n) is 3.73. The van der Waals surface area contributed by atoms with Gasteiger partial charge in [-0.25, -0.2) is 0 Å². The molecular formula is C21H21N3O2. The maximum Gasteiger partial charge on any atom is 0.227 e. The fraction of sp³-hybridized carbons (Fsp3) is 0.286. The van der Waals surface area contributed by atoms with Crippen molar-refractivity contribution in [2.45, 2.75) is 39.4 Å². The second kappa shape index (κ2) is 6.41. The average molecular weight is 347 g/mol. The van der Waals surface area contributed by atoms with Gasteiger partial charge in [-0.3, -0.25) is 14.6 Å². The Morgan fingerprint density at radius 2 is 1.92 bits per heavy atom. The SMILES string of the molecule is CC(=O)NC1=NCc2cc3c(cc21)CN([C@H](C)c1ccccc1)C(=O)C3. The van der Waals surface area contributed by atoms with E-state index in [2.05, 4.69) is 41.5 Å². The Morgan fingerprint density at radius 3 is 2.65 bits per heavy atom. The molecular weight excluding hydrogens is 326 g/mol. The second-order valence-electron chi connectivity index (χ2n) is 6.91. The van der Waals surface area contributed by atoms with Crippen LogP contribution < -0.4 is 5.32 Å². The maximum absolute atomic E-state index is 12.7. The quantitative estimate of drug-likeness (QED) is 0.908. The smallest absolute Gasteiger partial charge is 0.227 e. The molecule has 2 aliphatic heterocycles. The molecule has 0 bridgehead atoms. The van der Waals surface area contributed by atoms with Crippen LogP contribution in [0.4, 0.5) is 0 Å². The Bertz CT molecular complexity index is 918. The first-order chi connectivity index (χ1) is 12.5. The number of carbonyl (C=O) groups is 2. The number of benzene rings is 2. The van der Waals surface area contributed by atoms with E-state index in [1.807, 2.05) is 23.1 Å². The van der Waals surface area contributed by atoms with Crippen LogP contribution in [0.5, 0.6) is 0 Å². The third-order valence-corrected chi connectivity index (χ3v) is 5.13. The van der Waals surface area contributed by atoms with Gasteiger partial charge in [-0.1, -0.05) is 36.4 Å². The summed E-state index contributed by atoms with van der Waals surface area (Å²) in [6.07, 6.45) is 0.412. The molecule has 5 heteroatoms. The minimum absolute atomic E-state index is 0.0218. The molecule has 5 nitrogen and oxygen atoms in total. The number of carbonyl (C=O) groups excluding carboxylic acids is 2. The van der Waals surface area contributed by atoms with Gasteiger partial charge in [0.25, 0.3) is 0 Å². The number of aliphatic imine (C=N–C) groups is 1. The number of nitrogens with one attached hydrogen (secondary N) is 1. The molecule has 2 aromatic carbocycles. The predicted octanol–water partition coefficient (Wildman–Crippen LogP) is 2.73. The Labute approximate surface area is 152 Å². The van der Waals surface area contributed by atoms with Crippen LogP contribution in [0.1, 0.15) is 47.7 Å². The van der Waals surface area contributed by atoms with E-state index in [0.717, 1.165) is 27.8 Å². The van der Waals surface area contributed by atoms with Crippen molar-refractivity contribution in [2.24, 2.45) is 4.99 Å². The molecule has 4 rings (SSSR count). The highest BCUT2D eigenvalue weighted by molar-refractivity contribution is 6.09. The summed E-state index contributed by atoms with van der Waals surface area (Å²) in [6.45, 7) is 4.68. The van der Waals surface area contributed by atoms with Crippen molar-refractivity contribution >= 4 is 17.6 Å². The van der Waals surface area contributed by atoms with Crippen molar-refractivity contribution in [1.82, 2.24) is 10.2 Å². The number of nitrogens with zero attached hydrogens (tertiary/aromatic N) is 2. The maximum atomic E-state index is 12.7. The first kappa shape index (κ1) is 16.5. The monoisotopic (exact) mass is 347 g/mol. The highest BCUT2D eigenvalue weighted by Gasteiger charge is 2.29. The van der Waals surface area contributed by atoms with Crippen molar-refractivity contribution in [1.29, 1.82) is 0 Å². The summed E-state index contributed by atoms with van der Waals surface area (Å²) in [6, 6.07) is 14.3. The average Bonchev–Trinajstić information content (AvgIpc) is 3.00. The van der Waals surface area contributed by atoms with Gasteiger partial charge in [0, 0.05) is 19.0 Å². The van der Waals surface area contributed by atoms with Crippen LogP contribution in [0, 0.1) is 0 Å². The number of hydrogen-bond acceptors (Lipinski definition) is 3. The molecule has 0 aliphatic carbocycles. The molecule has 2 aliphatic rings. The lowest BCUT2D eigenvalue weighted by molar-refractivity contribution is -0.134. The van der Waals surface area contributed by atoms with Crippen LogP contribution in [-0.2, 0) is 29.1 Å². The van der Waals surface area contributed by atoms with Crippen LogP contribution in [0.2, 0.25) is 0 Å². The van der Waals surface area contributed by atoms with Gasteiger partial charge in [-0.2, -0.15) is 0 Å². The molecule has 0 aromatic heterocycles. The first-order valence-corrected chi connectivity index (χ1v) is 8.84. The zero-order valence-electron chi connectivity index (χ0n) is 15.0. The molecule has 26 heavy (non-hydrogen) atoms. The molecule has 0 radical (unpaired) electrons. The summed E-state index contributed by atoms with van der Waals surface area (Å²) in [5, 5.41) is 2.80. The summed E-state index contributed by atoms with van der Waals surface area (Å²) < 4.78 is 0. The lowest BCUT2D eigenvalue weighted by Gasteiger charge is -2.34. The van der Waals surface area contributed by atoms with Gasteiger partial charge >= 0.3 is 0 Å². The number of amidine groups is 1. The summed E-state index contributed by atoms with van der Waals surface area (Å²) >= 11 is 0. The van der Waals surface area contributed by atoms with Crippen LogP contribution in [0.3, 0.4) is 0 Å². The van der Waals surface area contributed by atoms with Crippen molar-refractivity contribution in [3.05, 3.63) is 70.3 Å². The van der Waals surface area contributed by atoms with E-state index >= 15 is 0 Å². The number of hydrogen-bond donors (Lipinski definition) is 1. The third kappa shape index (κ3) is 2.90. The van der Waals surface area contributed by atoms with Crippen LogP contribution in [0.15, 0.2) is 47.5 Å². The van der Waals surface area contributed by atoms with E-state index in [9.17, 15) is 9.59 Å². The molecule has 2 heterocycles. The summed E-state index contributed by atoms with van der Waals surface area (Å²) in [5.74, 6) is 0.661. The fourth-order valence-corrected chi connectivity index (χ4v) is 3.73. The zero-order valence-corrected chi connectivity index (χ0v) is 15.0. The topological polar surface area (TPSA) is 61.8 Å². The van der Waals surface area contributed by atoms with Crippen LogP contribution >= 0.6 is 0 Å². The Hall–Kier alpha value is -2.95. The molecule has 2 aromatic rings. The molecule has 0 spiro atoms. The van der Waals surface area contributed by atoms with E-state index < -0.39 is 0 Å². The standard InChI is InChI=1S/C21H21N3O2/c1-13(15-6-4-3-5-7-15)24-12-18-9-19-17(8-16(18)10-20(24)26)11-22-21(19)23-14(2)25/h3-9,13H,10-12H2,1-2H3,(H,22,23,25)/t13-/m1/s1. The number of fused-ring (bicyclic) bond motifs is 2. The Balaban J connectivity index is 1.64. The molecule has 132 valence electrons. The van der Waals surface area contributed by atoms with Crippen molar-refractivity contribution in [2.75, 3.05) is 0 Å². The lowest BCUT2D eigenvalue weighted by Crippen LogP contribution is -2.38. The minimum Gasteiger partial charge on any atom is -0.331 e. The molecule has 0 saturated carbocycles. The van der Waals surface area contributed by atoms with Gasteiger partial charge in [0.2, 0.25) is 11.8 Å². The molecule has 0 fully saturated rings. The van der Waals surface area contributed by atoms with Crippen LogP contribution in [-0.4, -0.2) is 22.5 Å². The number of rotatable bonds is 2. The molecule has 2 amide bonds. The largest absolute Gasteiger partial charge is 0.331 e. The molecule has 1 N–H and O–H groups in total. The molecule has 0 unspecified atom stereocenters. The van der Waals surface area contributed by atoms with Gasteiger partial charge < -0.3 is 10.2 Å². The van der Waals surface area contributed by atoms with E-state index in [1.54, 1.807) is 0 Å². The van der Waals surface area contributed by atoms with Crippen molar-refractivity contribution in [3.63, 3.8) is 0 Å². The predicted molar refractivity (Wildman–Crippen MR) is 99.6 cm³/mol. The van der Waals surface area contributed by atoms with E-state index in [-0.39, 0.29) is 17.9 Å². The zero-order chi connectivity index (χ0) is 18.3. The van der Waals surface area contributed by atoms with Crippen LogP contribution in [0.25, 0.3) is 0 Å². The lowest BCUT2D eigenvalue weighted by atomic mass is 9.92. The molecule has 1 atom stereocenters. The van der Waals surface area contributed by atoms with E-state index in [4.69, 9.17) is 0 Å². The van der Waals surface area contributed by atoms with Gasteiger partial charge in [-0.15, -0.1) is 0 Å². The van der Waals surface area contributed by atoms with Gasteiger partial charge in [0.15, 0.2) is 0 Å². The van der Waals surface area contributed by atoms with Gasteiger partial charge in [0.1, 0.15) is 5.84 Å². The second-order valence-corrected chi connectivity index (χ2v) is 6.91. The normalized spacial score (nSPS) is 16.6. The Kier molecular flexibility index (Phi) is 4.07. The first-order valence-electron chi connectivity index (χ1n) is 8.84. The summed E-state index contributed by atoms with van der Waals surface area (Å²) in [7, 11) is 0. The van der Waals surface area contributed by atoms with Gasteiger partial charge in [0.05, 0.1) is 19.0 Å². The summed E-state index contributed by atoms with van der Waals surface area (Å²) in [4.78, 5) is 30.5. The molecule has 0 saturated heterocycles.